The Morgan fingerprint density at radius 3 is 2.71 bits per heavy atom. The topological polar surface area (TPSA) is 47.8 Å². The van der Waals surface area contributed by atoms with Crippen molar-refractivity contribution in [2.45, 2.75) is 51.2 Å². The molecule has 0 aromatic rings. The molecule has 0 aromatic carbocycles. The normalized spacial score (nSPS) is 28.3. The maximum absolute atomic E-state index is 11.9. The van der Waals surface area contributed by atoms with E-state index >= 15 is 0 Å². The summed E-state index contributed by atoms with van der Waals surface area (Å²) in [5.41, 5.74) is 1.42. The Morgan fingerprint density at radius 2 is 2.05 bits per heavy atom. The lowest BCUT2D eigenvalue weighted by Gasteiger charge is -2.35. The number of hydrogen-bond donors (Lipinski definition) is 0. The molecule has 5 nitrogen and oxygen atoms in total. The molecule has 1 atom stereocenters. The molecule has 3 aliphatic rings. The Kier molecular flexibility index (Phi) is 4.60. The zero-order chi connectivity index (χ0) is 14.7. The largest absolute Gasteiger partial charge is 0.466 e. The summed E-state index contributed by atoms with van der Waals surface area (Å²) in [7, 11) is 0. The number of carbonyl (C=O) groups is 1. The molecular weight excluding hydrogens is 270 g/mol. The average Bonchev–Trinajstić information content (AvgIpc) is 3.12. The van der Waals surface area contributed by atoms with Gasteiger partial charge in [-0.25, -0.2) is 4.58 Å². The van der Waals surface area contributed by atoms with Crippen molar-refractivity contribution in [2.75, 3.05) is 32.9 Å². The number of esters is 1. The van der Waals surface area contributed by atoms with Gasteiger partial charge >= 0.3 is 5.97 Å². The number of hydrogen-bond acceptors (Lipinski definition) is 4. The fourth-order valence-corrected chi connectivity index (χ4v) is 3.91. The van der Waals surface area contributed by atoms with Gasteiger partial charge in [0, 0.05) is 32.1 Å². The Labute approximate surface area is 126 Å². The second-order valence-electron chi connectivity index (χ2n) is 6.20. The van der Waals surface area contributed by atoms with Gasteiger partial charge in [-0.1, -0.05) is 0 Å². The van der Waals surface area contributed by atoms with Crippen molar-refractivity contribution in [1.29, 1.82) is 0 Å². The molecule has 0 N–H and O–H groups in total. The maximum Gasteiger partial charge on any atom is 0.306 e. The Morgan fingerprint density at radius 1 is 1.33 bits per heavy atom. The highest BCUT2D eigenvalue weighted by Gasteiger charge is 2.47. The van der Waals surface area contributed by atoms with Crippen LogP contribution in [0.25, 0.3) is 0 Å². The van der Waals surface area contributed by atoms with Crippen molar-refractivity contribution in [1.82, 2.24) is 0 Å². The minimum atomic E-state index is -0.444. The van der Waals surface area contributed by atoms with E-state index in [0.29, 0.717) is 26.2 Å². The van der Waals surface area contributed by atoms with Crippen LogP contribution in [0.4, 0.5) is 0 Å². The highest BCUT2D eigenvalue weighted by molar-refractivity contribution is 5.87. The van der Waals surface area contributed by atoms with E-state index in [9.17, 15) is 4.79 Å². The molecular formula is C16H26NO4+. The van der Waals surface area contributed by atoms with Crippen LogP contribution < -0.4 is 0 Å². The minimum absolute atomic E-state index is 0.103. The quantitative estimate of drug-likeness (QED) is 0.588. The first-order valence-corrected chi connectivity index (χ1v) is 8.27. The molecule has 5 heteroatoms. The van der Waals surface area contributed by atoms with Gasteiger partial charge in [-0.05, 0) is 6.92 Å². The van der Waals surface area contributed by atoms with Gasteiger partial charge < -0.3 is 14.2 Å². The summed E-state index contributed by atoms with van der Waals surface area (Å²) in [5.74, 6) is -0.344. The van der Waals surface area contributed by atoms with Gasteiger partial charge in [-0.3, -0.25) is 4.79 Å². The van der Waals surface area contributed by atoms with Crippen molar-refractivity contribution >= 4 is 11.7 Å². The van der Waals surface area contributed by atoms with Gasteiger partial charge in [0.25, 0.3) is 0 Å². The smallest absolute Gasteiger partial charge is 0.306 e. The van der Waals surface area contributed by atoms with E-state index in [1.54, 1.807) is 0 Å². The fraction of sp³-hybridized carbons (Fsp3) is 0.875. The van der Waals surface area contributed by atoms with Gasteiger partial charge in [0.05, 0.1) is 32.2 Å². The average molecular weight is 296 g/mol. The van der Waals surface area contributed by atoms with Gasteiger partial charge in [-0.2, -0.15) is 0 Å². The number of nitrogens with zero attached hydrogens (tertiary/aromatic N) is 1. The standard InChI is InChI=1S/C16H26NO4/c1-2-19-15(18)11-13-12-16(20-9-10-21-16)6-5-14(13)17-7-3-4-8-17/h13H,2-12H2,1H3/q+1. The molecule has 0 amide bonds. The highest BCUT2D eigenvalue weighted by Crippen LogP contribution is 2.39. The minimum Gasteiger partial charge on any atom is -0.466 e. The molecule has 1 saturated carbocycles. The summed E-state index contributed by atoms with van der Waals surface area (Å²) in [6, 6.07) is 0. The third-order valence-corrected chi connectivity index (χ3v) is 4.83. The molecule has 2 heterocycles. The van der Waals surface area contributed by atoms with Crippen molar-refractivity contribution in [3.05, 3.63) is 0 Å². The molecule has 2 saturated heterocycles. The Balaban J connectivity index is 1.76. The van der Waals surface area contributed by atoms with Crippen molar-refractivity contribution < 1.29 is 23.6 Å². The predicted octanol–water partition coefficient (Wildman–Crippen LogP) is 1.73. The summed E-state index contributed by atoms with van der Waals surface area (Å²) < 4.78 is 19.3. The van der Waals surface area contributed by atoms with Gasteiger partial charge in [-0.15, -0.1) is 0 Å². The van der Waals surface area contributed by atoms with Crippen molar-refractivity contribution in [3.8, 4) is 0 Å². The molecule has 0 radical (unpaired) electrons. The summed E-state index contributed by atoms with van der Waals surface area (Å²) in [6.07, 6.45) is 5.65. The molecule has 118 valence electrons. The fourth-order valence-electron chi connectivity index (χ4n) is 3.91. The van der Waals surface area contributed by atoms with Gasteiger partial charge in [0.2, 0.25) is 0 Å². The number of carbonyl (C=O) groups excluding carboxylic acids is 1. The third kappa shape index (κ3) is 3.29. The zero-order valence-corrected chi connectivity index (χ0v) is 12.9. The first kappa shape index (κ1) is 15.0. The van der Waals surface area contributed by atoms with Crippen LogP contribution in [0.1, 0.15) is 45.4 Å². The molecule has 0 aromatic heterocycles. The summed E-state index contributed by atoms with van der Waals surface area (Å²) in [6.45, 7) is 5.90. The number of rotatable bonds is 3. The summed E-state index contributed by atoms with van der Waals surface area (Å²) in [5, 5.41) is 0. The molecule has 1 aliphatic carbocycles. The molecule has 1 spiro atoms. The molecule has 2 aliphatic heterocycles. The molecule has 1 unspecified atom stereocenters. The van der Waals surface area contributed by atoms with E-state index < -0.39 is 5.79 Å². The summed E-state index contributed by atoms with van der Waals surface area (Å²) in [4.78, 5) is 11.9. The van der Waals surface area contributed by atoms with E-state index in [1.165, 1.54) is 18.6 Å². The highest BCUT2D eigenvalue weighted by atomic mass is 16.7. The second-order valence-corrected chi connectivity index (χ2v) is 6.20. The summed E-state index contributed by atoms with van der Waals surface area (Å²) >= 11 is 0. The van der Waals surface area contributed by atoms with Crippen LogP contribution in [-0.2, 0) is 19.0 Å². The second kappa shape index (κ2) is 6.44. The zero-order valence-electron chi connectivity index (χ0n) is 12.9. The molecule has 3 fully saturated rings. The van der Waals surface area contributed by atoms with E-state index in [-0.39, 0.29) is 11.9 Å². The van der Waals surface area contributed by atoms with Gasteiger partial charge in [0.15, 0.2) is 11.5 Å². The number of ether oxygens (including phenoxy) is 3. The van der Waals surface area contributed by atoms with E-state index in [4.69, 9.17) is 14.2 Å². The van der Waals surface area contributed by atoms with Crippen LogP contribution >= 0.6 is 0 Å². The van der Waals surface area contributed by atoms with E-state index in [1.807, 2.05) is 6.92 Å². The van der Waals surface area contributed by atoms with E-state index in [2.05, 4.69) is 4.58 Å². The SMILES string of the molecule is CCOC(=O)CC1CC2(CCC1=[N+]1CCCC1)OCCO2. The molecule has 3 rings (SSSR count). The van der Waals surface area contributed by atoms with Crippen molar-refractivity contribution in [3.63, 3.8) is 0 Å². The molecule has 0 bridgehead atoms. The Bertz CT molecular complexity index is 418. The monoisotopic (exact) mass is 296 g/mol. The first-order valence-electron chi connectivity index (χ1n) is 8.27. The molecule has 21 heavy (non-hydrogen) atoms. The lowest BCUT2D eigenvalue weighted by molar-refractivity contribution is -0.510. The maximum atomic E-state index is 11.9. The van der Waals surface area contributed by atoms with Crippen LogP contribution in [0, 0.1) is 5.92 Å². The van der Waals surface area contributed by atoms with Crippen LogP contribution in [-0.4, -0.2) is 55.0 Å². The van der Waals surface area contributed by atoms with Crippen LogP contribution in [0.3, 0.4) is 0 Å². The Hall–Kier alpha value is -0.940. The lowest BCUT2D eigenvalue weighted by atomic mass is 9.80. The van der Waals surface area contributed by atoms with Crippen LogP contribution in [0.5, 0.6) is 0 Å². The third-order valence-electron chi connectivity index (χ3n) is 4.83. The van der Waals surface area contributed by atoms with Crippen LogP contribution in [0.2, 0.25) is 0 Å². The van der Waals surface area contributed by atoms with Crippen molar-refractivity contribution in [2.24, 2.45) is 5.92 Å². The van der Waals surface area contributed by atoms with Crippen LogP contribution in [0.15, 0.2) is 0 Å². The van der Waals surface area contributed by atoms with Gasteiger partial charge in [0.1, 0.15) is 13.1 Å². The lowest BCUT2D eigenvalue weighted by Crippen LogP contribution is -2.44. The predicted molar refractivity (Wildman–Crippen MR) is 77.5 cm³/mol. The first-order chi connectivity index (χ1) is 10.2. The van der Waals surface area contributed by atoms with E-state index in [0.717, 1.165) is 32.4 Å².